The van der Waals surface area contributed by atoms with Gasteiger partial charge in [-0.2, -0.15) is 0 Å². The van der Waals surface area contributed by atoms with Gasteiger partial charge in [-0.25, -0.2) is 4.98 Å². The zero-order chi connectivity index (χ0) is 17.9. The molecule has 0 amide bonds. The van der Waals surface area contributed by atoms with Crippen molar-refractivity contribution in [2.45, 2.75) is 26.7 Å². The van der Waals surface area contributed by atoms with E-state index >= 15 is 0 Å². The van der Waals surface area contributed by atoms with E-state index in [9.17, 15) is 0 Å². The Labute approximate surface area is 194 Å². The SMILES string of the molecule is CCc1cccc(CC)c1/N=C/c1ccc2ccc3cccnc3c2n1.[Cl-].[Cl-].[Fe+2]. The van der Waals surface area contributed by atoms with Crippen molar-refractivity contribution in [3.05, 3.63) is 77.6 Å². The van der Waals surface area contributed by atoms with Gasteiger partial charge in [0.05, 0.1) is 28.6 Å². The third-order valence-electron chi connectivity index (χ3n) is 4.74. The summed E-state index contributed by atoms with van der Waals surface area (Å²) in [5, 5.41) is 2.20. The second kappa shape index (κ2) is 11.3. The molecule has 3 nitrogen and oxygen atoms in total. The largest absolute Gasteiger partial charge is 2.00 e. The summed E-state index contributed by atoms with van der Waals surface area (Å²) in [5.41, 5.74) is 6.33. The van der Waals surface area contributed by atoms with E-state index in [1.54, 1.807) is 0 Å². The molecule has 6 heteroatoms. The molecule has 29 heavy (non-hydrogen) atoms. The zero-order valence-electron chi connectivity index (χ0n) is 16.2. The van der Waals surface area contributed by atoms with E-state index in [4.69, 9.17) is 9.98 Å². The number of fused-ring (bicyclic) bond motifs is 3. The smallest absolute Gasteiger partial charge is 1.00 e. The minimum atomic E-state index is 0. The van der Waals surface area contributed by atoms with E-state index in [1.807, 2.05) is 24.5 Å². The van der Waals surface area contributed by atoms with Gasteiger partial charge in [-0.05, 0) is 36.1 Å². The van der Waals surface area contributed by atoms with Crippen LogP contribution in [0.15, 0.2) is 65.8 Å². The molecule has 0 aliphatic carbocycles. The van der Waals surface area contributed by atoms with E-state index in [0.717, 1.165) is 46.0 Å². The van der Waals surface area contributed by atoms with Crippen LogP contribution in [0.5, 0.6) is 0 Å². The van der Waals surface area contributed by atoms with Crippen molar-refractivity contribution >= 4 is 33.7 Å². The molecule has 0 fully saturated rings. The van der Waals surface area contributed by atoms with Crippen LogP contribution in [0.4, 0.5) is 5.69 Å². The number of aliphatic imine (C=N–C) groups is 1. The molecule has 0 radical (unpaired) electrons. The Morgan fingerprint density at radius 1 is 0.793 bits per heavy atom. The first-order valence-corrected chi connectivity index (χ1v) is 9.09. The summed E-state index contributed by atoms with van der Waals surface area (Å²) >= 11 is 0. The quantitative estimate of drug-likeness (QED) is 0.235. The Bertz CT molecular complexity index is 1110. The topological polar surface area (TPSA) is 38.1 Å². The van der Waals surface area contributed by atoms with Crippen LogP contribution in [0.2, 0.25) is 0 Å². The number of aromatic nitrogens is 2. The van der Waals surface area contributed by atoms with Gasteiger partial charge in [0.15, 0.2) is 0 Å². The normalized spacial score (nSPS) is 10.4. The molecule has 4 rings (SSSR count). The molecule has 0 saturated heterocycles. The summed E-state index contributed by atoms with van der Waals surface area (Å²) in [4.78, 5) is 14.1. The molecule has 0 unspecified atom stereocenters. The van der Waals surface area contributed by atoms with Crippen molar-refractivity contribution in [3.63, 3.8) is 0 Å². The summed E-state index contributed by atoms with van der Waals surface area (Å²) in [6.45, 7) is 4.33. The molecule has 0 aliphatic heterocycles. The van der Waals surface area contributed by atoms with Crippen molar-refractivity contribution < 1.29 is 41.9 Å². The van der Waals surface area contributed by atoms with Crippen molar-refractivity contribution in [3.8, 4) is 0 Å². The first-order chi connectivity index (χ1) is 12.8. The van der Waals surface area contributed by atoms with Crippen LogP contribution in [0.3, 0.4) is 0 Å². The predicted octanol–water partition coefficient (Wildman–Crippen LogP) is -0.336. The third-order valence-corrected chi connectivity index (χ3v) is 4.74. The number of nitrogens with zero attached hydrogens (tertiary/aromatic N) is 3. The van der Waals surface area contributed by atoms with Crippen LogP contribution < -0.4 is 24.8 Å². The van der Waals surface area contributed by atoms with Crippen molar-refractivity contribution in [2.24, 2.45) is 4.99 Å². The van der Waals surface area contributed by atoms with E-state index in [1.165, 1.54) is 11.1 Å². The summed E-state index contributed by atoms with van der Waals surface area (Å²) in [7, 11) is 0. The number of halogens is 2. The van der Waals surface area contributed by atoms with E-state index in [-0.39, 0.29) is 41.9 Å². The monoisotopic (exact) mass is 465 g/mol. The number of benzene rings is 2. The van der Waals surface area contributed by atoms with Gasteiger partial charge < -0.3 is 24.8 Å². The fraction of sp³-hybridized carbons (Fsp3) is 0.174. The van der Waals surface area contributed by atoms with Gasteiger partial charge in [0.2, 0.25) is 0 Å². The molecule has 2 aromatic carbocycles. The molecule has 0 aliphatic rings. The van der Waals surface area contributed by atoms with Gasteiger partial charge >= 0.3 is 17.1 Å². The molecule has 0 spiro atoms. The number of para-hydroxylation sites is 1. The summed E-state index contributed by atoms with van der Waals surface area (Å²) in [6, 6.07) is 18.7. The second-order valence-electron chi connectivity index (χ2n) is 6.34. The average molecular weight is 466 g/mol. The number of rotatable bonds is 4. The van der Waals surface area contributed by atoms with E-state index in [0.29, 0.717) is 0 Å². The Kier molecular flexibility index (Phi) is 9.75. The Balaban J connectivity index is 0.00000140. The van der Waals surface area contributed by atoms with Crippen LogP contribution in [0.25, 0.3) is 21.8 Å². The molecule has 0 bridgehead atoms. The maximum absolute atomic E-state index is 4.82. The Morgan fingerprint density at radius 3 is 2.07 bits per heavy atom. The van der Waals surface area contributed by atoms with Crippen molar-refractivity contribution in [1.29, 1.82) is 0 Å². The maximum Gasteiger partial charge on any atom is 2.00 e. The Morgan fingerprint density at radius 2 is 1.41 bits per heavy atom. The molecular formula is C23H21Cl2FeN3. The standard InChI is InChI=1S/C23H21N3.2ClH.Fe/c1-3-16-7-5-8-17(4-2)21(16)25-15-20-13-12-19-11-10-18-9-6-14-24-22(18)23(19)26-20;;;/h5-15H,3-4H2,1-2H3;2*1H;/q;;;+2/p-2/b25-15+;;;. The van der Waals surface area contributed by atoms with Crippen LogP contribution in [-0.2, 0) is 29.9 Å². The minimum Gasteiger partial charge on any atom is -1.00 e. The van der Waals surface area contributed by atoms with Gasteiger partial charge in [0.25, 0.3) is 0 Å². The van der Waals surface area contributed by atoms with E-state index < -0.39 is 0 Å². The number of pyridine rings is 2. The first kappa shape index (κ1) is 25.1. The first-order valence-electron chi connectivity index (χ1n) is 9.09. The summed E-state index contributed by atoms with van der Waals surface area (Å²) < 4.78 is 0. The molecule has 2 aromatic heterocycles. The van der Waals surface area contributed by atoms with Crippen LogP contribution in [0.1, 0.15) is 30.7 Å². The second-order valence-corrected chi connectivity index (χ2v) is 6.34. The molecule has 4 aromatic rings. The van der Waals surface area contributed by atoms with Crippen molar-refractivity contribution in [2.75, 3.05) is 0 Å². The van der Waals surface area contributed by atoms with Crippen LogP contribution in [-0.4, -0.2) is 16.2 Å². The van der Waals surface area contributed by atoms with E-state index in [2.05, 4.69) is 61.3 Å². The number of aryl methyl sites for hydroxylation is 2. The molecule has 0 N–H and O–H groups in total. The van der Waals surface area contributed by atoms with Crippen molar-refractivity contribution in [1.82, 2.24) is 9.97 Å². The van der Waals surface area contributed by atoms with Gasteiger partial charge in [0, 0.05) is 17.0 Å². The maximum atomic E-state index is 4.82. The number of hydrogen-bond acceptors (Lipinski definition) is 3. The predicted molar refractivity (Wildman–Crippen MR) is 109 cm³/mol. The Hall–Kier alpha value is -1.97. The fourth-order valence-corrected chi connectivity index (χ4v) is 3.32. The van der Waals surface area contributed by atoms with Gasteiger partial charge in [-0.15, -0.1) is 0 Å². The van der Waals surface area contributed by atoms with Gasteiger partial charge in [-0.3, -0.25) is 9.98 Å². The van der Waals surface area contributed by atoms with Crippen LogP contribution >= 0.6 is 0 Å². The molecular weight excluding hydrogens is 445 g/mol. The third kappa shape index (κ3) is 5.15. The molecule has 150 valence electrons. The summed E-state index contributed by atoms with van der Waals surface area (Å²) in [6.07, 6.45) is 5.63. The zero-order valence-corrected chi connectivity index (χ0v) is 18.8. The van der Waals surface area contributed by atoms with Crippen LogP contribution in [0, 0.1) is 0 Å². The average Bonchev–Trinajstić information content (AvgIpc) is 2.71. The van der Waals surface area contributed by atoms with Gasteiger partial charge in [-0.1, -0.05) is 56.3 Å². The molecule has 2 heterocycles. The molecule has 0 saturated carbocycles. The minimum absolute atomic E-state index is 0. The summed E-state index contributed by atoms with van der Waals surface area (Å²) in [5.74, 6) is 0. The van der Waals surface area contributed by atoms with Gasteiger partial charge in [0.1, 0.15) is 0 Å². The number of hydrogen-bond donors (Lipinski definition) is 0. The fourth-order valence-electron chi connectivity index (χ4n) is 3.32. The molecule has 0 atom stereocenters.